The number of nitrogens with zero attached hydrogens (tertiary/aromatic N) is 2. The fraction of sp³-hybridized carbons (Fsp3) is 0.0625. The van der Waals surface area contributed by atoms with Gasteiger partial charge in [0.1, 0.15) is 6.07 Å². The first kappa shape index (κ1) is 13.5. The third-order valence-electron chi connectivity index (χ3n) is 3.36. The quantitative estimate of drug-likeness (QED) is 0.749. The van der Waals surface area contributed by atoms with E-state index in [0.29, 0.717) is 21.3 Å². The number of carbonyl (C=O) groups is 2. The van der Waals surface area contributed by atoms with Gasteiger partial charge in [-0.05, 0) is 29.8 Å². The highest BCUT2D eigenvalue weighted by Crippen LogP contribution is 2.30. The summed E-state index contributed by atoms with van der Waals surface area (Å²) in [5.41, 5.74) is 1.83. The first-order valence-electron chi connectivity index (χ1n) is 6.26. The fourth-order valence-corrected chi connectivity index (χ4v) is 2.74. The van der Waals surface area contributed by atoms with E-state index in [0.717, 1.165) is 10.5 Å². The summed E-state index contributed by atoms with van der Waals surface area (Å²) in [6.07, 6.45) is 0.152. The summed E-state index contributed by atoms with van der Waals surface area (Å²) in [6.45, 7) is 0. The van der Waals surface area contributed by atoms with Crippen molar-refractivity contribution in [1.29, 1.82) is 5.26 Å². The van der Waals surface area contributed by atoms with Gasteiger partial charge in [0.05, 0.1) is 17.7 Å². The number of rotatable bonds is 1. The van der Waals surface area contributed by atoms with E-state index in [9.17, 15) is 14.9 Å². The number of hydrogen-bond donors (Lipinski definition) is 0. The third-order valence-corrected chi connectivity index (χ3v) is 3.86. The first-order chi connectivity index (χ1) is 10.1. The van der Waals surface area contributed by atoms with Gasteiger partial charge >= 0.3 is 0 Å². The molecule has 0 aromatic heterocycles. The lowest BCUT2D eigenvalue weighted by Gasteiger charge is -2.27. The normalized spacial score (nSPS) is 13.8. The molecule has 1 heterocycles. The van der Waals surface area contributed by atoms with Gasteiger partial charge in [0.25, 0.3) is 5.91 Å². The molecular weight excluding hydrogens is 332 g/mol. The van der Waals surface area contributed by atoms with Crippen molar-refractivity contribution in [3.63, 3.8) is 0 Å². The van der Waals surface area contributed by atoms with E-state index in [2.05, 4.69) is 15.9 Å². The molecule has 102 valence electrons. The van der Waals surface area contributed by atoms with Crippen molar-refractivity contribution < 1.29 is 9.59 Å². The molecule has 0 atom stereocenters. The van der Waals surface area contributed by atoms with Gasteiger partial charge in [0, 0.05) is 10.0 Å². The van der Waals surface area contributed by atoms with Crippen LogP contribution < -0.4 is 4.90 Å². The maximum Gasteiger partial charge on any atom is 0.265 e. The monoisotopic (exact) mass is 340 g/mol. The number of anilines is 1. The van der Waals surface area contributed by atoms with Gasteiger partial charge in [-0.15, -0.1) is 0 Å². The zero-order chi connectivity index (χ0) is 15.0. The summed E-state index contributed by atoms with van der Waals surface area (Å²) in [5.74, 6) is -0.718. The standard InChI is InChI=1S/C16H9BrN2O2/c17-12-6-5-11(9-18)14(8-12)19-15(20)7-10-3-1-2-4-13(10)16(19)21/h1-6,8H,7H2. The number of carbonyl (C=O) groups excluding carboxylic acids is 2. The molecule has 5 heteroatoms. The maximum absolute atomic E-state index is 12.6. The summed E-state index contributed by atoms with van der Waals surface area (Å²) in [6, 6.07) is 13.9. The Hall–Kier alpha value is -2.45. The van der Waals surface area contributed by atoms with Gasteiger partial charge in [0.15, 0.2) is 0 Å². The lowest BCUT2D eigenvalue weighted by atomic mass is 9.97. The number of amides is 2. The molecule has 21 heavy (non-hydrogen) atoms. The molecule has 0 bridgehead atoms. The first-order valence-corrected chi connectivity index (χ1v) is 7.06. The molecule has 1 aliphatic heterocycles. The molecule has 2 aromatic carbocycles. The van der Waals surface area contributed by atoms with E-state index in [1.165, 1.54) is 0 Å². The molecule has 4 nitrogen and oxygen atoms in total. The van der Waals surface area contributed by atoms with Crippen LogP contribution in [0.25, 0.3) is 0 Å². The Kier molecular flexibility index (Phi) is 3.32. The van der Waals surface area contributed by atoms with Gasteiger partial charge in [-0.3, -0.25) is 9.59 Å². The molecule has 0 fully saturated rings. The van der Waals surface area contributed by atoms with Crippen LogP contribution >= 0.6 is 15.9 Å². The van der Waals surface area contributed by atoms with Crippen molar-refractivity contribution in [2.75, 3.05) is 4.90 Å². The topological polar surface area (TPSA) is 61.2 Å². The molecule has 0 unspecified atom stereocenters. The van der Waals surface area contributed by atoms with Crippen LogP contribution in [0.5, 0.6) is 0 Å². The molecule has 3 rings (SSSR count). The van der Waals surface area contributed by atoms with Gasteiger partial charge in [-0.25, -0.2) is 4.90 Å². The van der Waals surface area contributed by atoms with E-state index in [-0.39, 0.29) is 12.3 Å². The molecule has 0 aliphatic carbocycles. The van der Waals surface area contributed by atoms with Crippen LogP contribution in [0.15, 0.2) is 46.9 Å². The van der Waals surface area contributed by atoms with Crippen molar-refractivity contribution >= 4 is 33.4 Å². The molecule has 0 radical (unpaired) electrons. The summed E-state index contributed by atoms with van der Waals surface area (Å²) in [5, 5.41) is 9.19. The highest BCUT2D eigenvalue weighted by molar-refractivity contribution is 9.10. The lowest BCUT2D eigenvalue weighted by Crippen LogP contribution is -2.42. The average Bonchev–Trinajstić information content (AvgIpc) is 2.47. The predicted molar refractivity (Wildman–Crippen MR) is 80.8 cm³/mol. The molecule has 0 spiro atoms. The number of benzene rings is 2. The molecule has 2 aromatic rings. The van der Waals surface area contributed by atoms with Crippen LogP contribution in [0.4, 0.5) is 5.69 Å². The number of hydrogen-bond acceptors (Lipinski definition) is 3. The van der Waals surface area contributed by atoms with Crippen molar-refractivity contribution in [3.8, 4) is 6.07 Å². The van der Waals surface area contributed by atoms with E-state index < -0.39 is 5.91 Å². The molecule has 2 amide bonds. The van der Waals surface area contributed by atoms with Crippen molar-refractivity contribution in [2.45, 2.75) is 6.42 Å². The second kappa shape index (κ2) is 5.15. The van der Waals surface area contributed by atoms with E-state index >= 15 is 0 Å². The maximum atomic E-state index is 12.6. The second-order valence-corrected chi connectivity index (χ2v) is 5.56. The second-order valence-electron chi connectivity index (χ2n) is 4.64. The zero-order valence-electron chi connectivity index (χ0n) is 10.8. The van der Waals surface area contributed by atoms with Gasteiger partial charge < -0.3 is 0 Å². The Bertz CT molecular complexity index is 808. The SMILES string of the molecule is N#Cc1ccc(Br)cc1N1C(=O)Cc2ccccc2C1=O. The van der Waals surface area contributed by atoms with E-state index in [1.807, 2.05) is 6.07 Å². The van der Waals surface area contributed by atoms with Crippen LogP contribution in [0.3, 0.4) is 0 Å². The van der Waals surface area contributed by atoms with Crippen LogP contribution in [0.2, 0.25) is 0 Å². The molecular formula is C16H9BrN2O2. The predicted octanol–water partition coefficient (Wildman–Crippen LogP) is 3.05. The Morgan fingerprint density at radius 2 is 1.90 bits per heavy atom. The Morgan fingerprint density at radius 1 is 1.14 bits per heavy atom. The Morgan fingerprint density at radius 3 is 2.67 bits per heavy atom. The van der Waals surface area contributed by atoms with Crippen LogP contribution in [-0.4, -0.2) is 11.8 Å². The molecule has 0 N–H and O–H groups in total. The summed E-state index contributed by atoms with van der Waals surface area (Å²) in [4.78, 5) is 26.0. The van der Waals surface area contributed by atoms with Gasteiger partial charge in [0.2, 0.25) is 5.91 Å². The molecule has 0 saturated heterocycles. The van der Waals surface area contributed by atoms with Gasteiger partial charge in [-0.2, -0.15) is 5.26 Å². The van der Waals surface area contributed by atoms with Crippen LogP contribution in [0.1, 0.15) is 21.5 Å². The minimum absolute atomic E-state index is 0.152. The fourth-order valence-electron chi connectivity index (χ4n) is 2.39. The van der Waals surface area contributed by atoms with E-state index in [1.54, 1.807) is 42.5 Å². The van der Waals surface area contributed by atoms with Crippen molar-refractivity contribution in [1.82, 2.24) is 0 Å². The van der Waals surface area contributed by atoms with E-state index in [4.69, 9.17) is 0 Å². The number of imide groups is 1. The largest absolute Gasteiger partial charge is 0.274 e. The molecule has 0 saturated carbocycles. The Labute approximate surface area is 129 Å². The minimum atomic E-state index is -0.392. The van der Waals surface area contributed by atoms with Crippen LogP contribution in [0, 0.1) is 11.3 Å². The number of fused-ring (bicyclic) bond motifs is 1. The lowest BCUT2D eigenvalue weighted by molar-refractivity contribution is -0.117. The third kappa shape index (κ3) is 2.24. The summed E-state index contributed by atoms with van der Waals surface area (Å²) < 4.78 is 0.705. The zero-order valence-corrected chi connectivity index (χ0v) is 12.4. The van der Waals surface area contributed by atoms with Crippen LogP contribution in [-0.2, 0) is 11.2 Å². The smallest absolute Gasteiger partial charge is 0.265 e. The number of halogens is 1. The van der Waals surface area contributed by atoms with Gasteiger partial charge in [-0.1, -0.05) is 34.1 Å². The summed E-state index contributed by atoms with van der Waals surface area (Å²) >= 11 is 3.31. The molecule has 1 aliphatic rings. The Balaban J connectivity index is 2.17. The average molecular weight is 341 g/mol. The highest BCUT2D eigenvalue weighted by atomic mass is 79.9. The van der Waals surface area contributed by atoms with Crippen molar-refractivity contribution in [2.24, 2.45) is 0 Å². The highest BCUT2D eigenvalue weighted by Gasteiger charge is 2.33. The number of nitriles is 1. The van der Waals surface area contributed by atoms with Crippen molar-refractivity contribution in [3.05, 3.63) is 63.6 Å². The summed E-state index contributed by atoms with van der Waals surface area (Å²) in [7, 11) is 0. The minimum Gasteiger partial charge on any atom is -0.274 e.